The van der Waals surface area contributed by atoms with Gasteiger partial charge in [-0.15, -0.1) is 11.6 Å². The maximum atomic E-state index is 8.32. The number of ether oxygens (including phenoxy) is 1. The summed E-state index contributed by atoms with van der Waals surface area (Å²) < 4.78 is 5.12. The van der Waals surface area contributed by atoms with Gasteiger partial charge in [-0.1, -0.05) is 0 Å². The van der Waals surface area contributed by atoms with Crippen LogP contribution in [0.4, 0.5) is 0 Å². The van der Waals surface area contributed by atoms with Gasteiger partial charge in [0.05, 0.1) is 11.6 Å². The molecule has 0 aromatic carbocycles. The Kier molecular flexibility index (Phi) is 3.53. The van der Waals surface area contributed by atoms with E-state index in [1.165, 1.54) is 0 Å². The van der Waals surface area contributed by atoms with Crippen LogP contribution in [0, 0.1) is 18.3 Å². The minimum atomic E-state index is 0.0225. The van der Waals surface area contributed by atoms with Gasteiger partial charge in [0.2, 0.25) is 0 Å². The van der Waals surface area contributed by atoms with Crippen LogP contribution in [0.1, 0.15) is 11.4 Å². The standard InChI is InChI=1S/C9H9ClN2O/c1-7-2-3-9(13-5-4-11)8(6-10)12-7/h2-3H,5-6H2,1H3. The first-order valence-electron chi connectivity index (χ1n) is 3.80. The molecule has 0 unspecified atom stereocenters. The topological polar surface area (TPSA) is 45.9 Å². The first kappa shape index (κ1) is 9.82. The van der Waals surface area contributed by atoms with Gasteiger partial charge in [0, 0.05) is 5.69 Å². The van der Waals surface area contributed by atoms with Crippen LogP contribution in [0.15, 0.2) is 12.1 Å². The van der Waals surface area contributed by atoms with Crippen molar-refractivity contribution in [3.05, 3.63) is 23.5 Å². The zero-order chi connectivity index (χ0) is 9.68. The zero-order valence-corrected chi connectivity index (χ0v) is 8.01. The van der Waals surface area contributed by atoms with Crippen molar-refractivity contribution < 1.29 is 4.74 Å². The molecule has 0 radical (unpaired) electrons. The average Bonchev–Trinajstić information content (AvgIpc) is 2.16. The van der Waals surface area contributed by atoms with Crippen molar-refractivity contribution in [3.8, 4) is 11.8 Å². The number of aromatic nitrogens is 1. The Bertz CT molecular complexity index is 333. The molecule has 4 heteroatoms. The Hall–Kier alpha value is -1.27. The molecular formula is C9H9ClN2O. The van der Waals surface area contributed by atoms with Crippen LogP contribution in [0.5, 0.6) is 5.75 Å². The Morgan fingerprint density at radius 1 is 1.62 bits per heavy atom. The van der Waals surface area contributed by atoms with Gasteiger partial charge >= 0.3 is 0 Å². The highest BCUT2D eigenvalue weighted by atomic mass is 35.5. The largest absolute Gasteiger partial charge is 0.477 e. The molecule has 0 aliphatic carbocycles. The molecule has 0 amide bonds. The van der Waals surface area contributed by atoms with E-state index in [4.69, 9.17) is 21.6 Å². The van der Waals surface area contributed by atoms with Crippen LogP contribution in [-0.4, -0.2) is 11.6 Å². The van der Waals surface area contributed by atoms with E-state index < -0.39 is 0 Å². The van der Waals surface area contributed by atoms with E-state index in [1.807, 2.05) is 19.1 Å². The van der Waals surface area contributed by atoms with Crippen molar-refractivity contribution in [2.45, 2.75) is 12.8 Å². The lowest BCUT2D eigenvalue weighted by atomic mass is 10.3. The molecule has 1 heterocycles. The number of hydrogen-bond donors (Lipinski definition) is 0. The first-order valence-corrected chi connectivity index (χ1v) is 4.33. The second-order valence-electron chi connectivity index (χ2n) is 2.48. The molecule has 68 valence electrons. The lowest BCUT2D eigenvalue weighted by molar-refractivity contribution is 0.363. The Labute approximate surface area is 81.9 Å². The van der Waals surface area contributed by atoms with Crippen LogP contribution in [0.3, 0.4) is 0 Å². The van der Waals surface area contributed by atoms with Gasteiger partial charge in [-0.2, -0.15) is 5.26 Å². The van der Waals surface area contributed by atoms with Crippen LogP contribution >= 0.6 is 11.6 Å². The minimum Gasteiger partial charge on any atom is -0.477 e. The van der Waals surface area contributed by atoms with E-state index in [-0.39, 0.29) is 6.61 Å². The summed E-state index contributed by atoms with van der Waals surface area (Å²) >= 11 is 5.66. The zero-order valence-electron chi connectivity index (χ0n) is 7.25. The smallest absolute Gasteiger partial charge is 0.174 e. The van der Waals surface area contributed by atoms with Crippen LogP contribution < -0.4 is 4.74 Å². The number of alkyl halides is 1. The molecule has 1 rings (SSSR count). The molecule has 0 fully saturated rings. The lowest BCUT2D eigenvalue weighted by Crippen LogP contribution is -1.99. The van der Waals surface area contributed by atoms with Crippen molar-refractivity contribution in [2.75, 3.05) is 6.61 Å². The SMILES string of the molecule is Cc1ccc(OCC#N)c(CCl)n1. The predicted octanol–water partition coefficient (Wildman–Crippen LogP) is 2.03. The molecule has 0 aliphatic heterocycles. The van der Waals surface area contributed by atoms with Crippen molar-refractivity contribution in [1.82, 2.24) is 4.98 Å². The molecular weight excluding hydrogens is 188 g/mol. The lowest BCUT2D eigenvalue weighted by Gasteiger charge is -2.06. The molecule has 0 atom stereocenters. The molecule has 0 spiro atoms. The molecule has 0 saturated carbocycles. The van der Waals surface area contributed by atoms with Gasteiger partial charge in [-0.25, -0.2) is 0 Å². The highest BCUT2D eigenvalue weighted by molar-refractivity contribution is 6.17. The quantitative estimate of drug-likeness (QED) is 0.695. The molecule has 0 saturated heterocycles. The summed E-state index contributed by atoms with van der Waals surface area (Å²) in [6.07, 6.45) is 0. The van der Waals surface area contributed by atoms with Crippen molar-refractivity contribution >= 4 is 11.6 Å². The fourth-order valence-corrected chi connectivity index (χ4v) is 1.13. The van der Waals surface area contributed by atoms with Crippen LogP contribution in [0.25, 0.3) is 0 Å². The van der Waals surface area contributed by atoms with E-state index >= 15 is 0 Å². The molecule has 1 aromatic heterocycles. The van der Waals surface area contributed by atoms with Crippen molar-refractivity contribution in [1.29, 1.82) is 5.26 Å². The van der Waals surface area contributed by atoms with E-state index in [1.54, 1.807) is 6.07 Å². The fourth-order valence-electron chi connectivity index (χ4n) is 0.935. The fraction of sp³-hybridized carbons (Fsp3) is 0.333. The van der Waals surface area contributed by atoms with E-state index in [9.17, 15) is 0 Å². The summed E-state index contributed by atoms with van der Waals surface area (Å²) in [6, 6.07) is 5.49. The maximum Gasteiger partial charge on any atom is 0.174 e. The number of hydrogen-bond acceptors (Lipinski definition) is 3. The summed E-state index contributed by atoms with van der Waals surface area (Å²) in [4.78, 5) is 4.18. The normalized spacial score (nSPS) is 9.31. The van der Waals surface area contributed by atoms with Gasteiger partial charge < -0.3 is 4.74 Å². The monoisotopic (exact) mass is 196 g/mol. The highest BCUT2D eigenvalue weighted by Crippen LogP contribution is 2.18. The van der Waals surface area contributed by atoms with Crippen molar-refractivity contribution in [2.24, 2.45) is 0 Å². The number of nitrogens with zero attached hydrogens (tertiary/aromatic N) is 2. The van der Waals surface area contributed by atoms with E-state index in [0.717, 1.165) is 5.69 Å². The number of nitriles is 1. The summed E-state index contributed by atoms with van der Waals surface area (Å²) in [6.45, 7) is 1.90. The highest BCUT2D eigenvalue weighted by Gasteiger charge is 2.03. The molecule has 0 N–H and O–H groups in total. The number of pyridine rings is 1. The van der Waals surface area contributed by atoms with E-state index in [0.29, 0.717) is 17.3 Å². The third-order valence-electron chi connectivity index (χ3n) is 1.49. The average molecular weight is 197 g/mol. The Morgan fingerprint density at radius 3 is 3.00 bits per heavy atom. The predicted molar refractivity (Wildman–Crippen MR) is 49.6 cm³/mol. The van der Waals surface area contributed by atoms with Gasteiger partial charge in [0.25, 0.3) is 0 Å². The summed E-state index contributed by atoms with van der Waals surface area (Å²) in [5.41, 5.74) is 1.57. The van der Waals surface area contributed by atoms with Crippen LogP contribution in [0.2, 0.25) is 0 Å². The van der Waals surface area contributed by atoms with Crippen LogP contribution in [-0.2, 0) is 5.88 Å². The number of rotatable bonds is 3. The maximum absolute atomic E-state index is 8.32. The molecule has 1 aromatic rings. The van der Waals surface area contributed by atoms with Crippen molar-refractivity contribution in [3.63, 3.8) is 0 Å². The number of aryl methyl sites for hydroxylation is 1. The molecule has 13 heavy (non-hydrogen) atoms. The Balaban J connectivity index is 2.87. The van der Waals surface area contributed by atoms with Gasteiger partial charge in [-0.05, 0) is 19.1 Å². The minimum absolute atomic E-state index is 0.0225. The molecule has 3 nitrogen and oxygen atoms in total. The number of halogens is 1. The van der Waals surface area contributed by atoms with Gasteiger partial charge in [0.1, 0.15) is 11.8 Å². The van der Waals surface area contributed by atoms with Gasteiger partial charge in [0.15, 0.2) is 6.61 Å². The third-order valence-corrected chi connectivity index (χ3v) is 1.74. The molecule has 0 aliphatic rings. The first-order chi connectivity index (χ1) is 6.27. The van der Waals surface area contributed by atoms with E-state index in [2.05, 4.69) is 4.98 Å². The molecule has 0 bridgehead atoms. The summed E-state index contributed by atoms with van der Waals surface area (Å²) in [7, 11) is 0. The van der Waals surface area contributed by atoms with Gasteiger partial charge in [-0.3, -0.25) is 4.98 Å². The summed E-state index contributed by atoms with van der Waals surface area (Å²) in [5, 5.41) is 8.32. The summed E-state index contributed by atoms with van der Waals surface area (Å²) in [5.74, 6) is 0.879. The second kappa shape index (κ2) is 4.68. The Morgan fingerprint density at radius 2 is 2.38 bits per heavy atom. The third kappa shape index (κ3) is 2.60. The second-order valence-corrected chi connectivity index (χ2v) is 2.75.